The molecule has 0 aliphatic rings. The standard InChI is InChI=1S/C13H16ClN3/c1-3-10(2)16-12-6-4-5-11(14)13(12)17-8-7-15-9-17/h4-10,16H,3H2,1-2H3. The second-order valence-corrected chi connectivity index (χ2v) is 4.47. The van der Waals surface area contributed by atoms with Gasteiger partial charge in [-0.1, -0.05) is 24.6 Å². The Bertz CT molecular complexity index is 479. The molecule has 0 fully saturated rings. The third kappa shape index (κ3) is 2.61. The quantitative estimate of drug-likeness (QED) is 0.895. The molecule has 1 N–H and O–H groups in total. The second kappa shape index (κ2) is 5.23. The van der Waals surface area contributed by atoms with Gasteiger partial charge in [0.15, 0.2) is 0 Å². The van der Waals surface area contributed by atoms with E-state index in [2.05, 4.69) is 24.1 Å². The average molecular weight is 250 g/mol. The van der Waals surface area contributed by atoms with Crippen LogP contribution in [0.5, 0.6) is 0 Å². The Hall–Kier alpha value is -1.48. The number of benzene rings is 1. The molecule has 2 rings (SSSR count). The number of halogens is 1. The van der Waals surface area contributed by atoms with Crippen molar-refractivity contribution in [3.8, 4) is 5.69 Å². The summed E-state index contributed by atoms with van der Waals surface area (Å²) < 4.78 is 1.92. The number of nitrogens with zero attached hydrogens (tertiary/aromatic N) is 2. The fourth-order valence-electron chi connectivity index (χ4n) is 1.65. The Labute approximate surface area is 106 Å². The predicted octanol–water partition coefficient (Wildman–Crippen LogP) is 3.74. The highest BCUT2D eigenvalue weighted by molar-refractivity contribution is 6.33. The van der Waals surface area contributed by atoms with Crippen LogP contribution < -0.4 is 5.32 Å². The molecule has 0 radical (unpaired) electrons. The zero-order valence-electron chi connectivity index (χ0n) is 10.0. The lowest BCUT2D eigenvalue weighted by atomic mass is 10.2. The minimum absolute atomic E-state index is 0.413. The lowest BCUT2D eigenvalue weighted by Gasteiger charge is -2.18. The third-order valence-corrected chi connectivity index (χ3v) is 3.07. The van der Waals surface area contributed by atoms with E-state index >= 15 is 0 Å². The van der Waals surface area contributed by atoms with E-state index in [1.807, 2.05) is 29.0 Å². The van der Waals surface area contributed by atoms with Gasteiger partial charge in [-0.05, 0) is 25.5 Å². The molecule has 1 aromatic heterocycles. The minimum Gasteiger partial charge on any atom is -0.381 e. The fraction of sp³-hybridized carbons (Fsp3) is 0.308. The van der Waals surface area contributed by atoms with Crippen LogP contribution in [-0.2, 0) is 0 Å². The highest BCUT2D eigenvalue weighted by Crippen LogP contribution is 2.28. The van der Waals surface area contributed by atoms with Crippen molar-refractivity contribution in [2.45, 2.75) is 26.3 Å². The number of anilines is 1. The van der Waals surface area contributed by atoms with Gasteiger partial charge < -0.3 is 9.88 Å². The molecule has 4 heteroatoms. The first kappa shape index (κ1) is 12.0. The number of rotatable bonds is 4. The maximum Gasteiger partial charge on any atom is 0.0992 e. The molecule has 90 valence electrons. The van der Waals surface area contributed by atoms with Gasteiger partial charge in [0.1, 0.15) is 0 Å². The Morgan fingerprint density at radius 2 is 2.29 bits per heavy atom. The molecular weight excluding hydrogens is 234 g/mol. The van der Waals surface area contributed by atoms with Crippen LogP contribution in [0.2, 0.25) is 5.02 Å². The molecule has 0 amide bonds. The summed E-state index contributed by atoms with van der Waals surface area (Å²) in [4.78, 5) is 4.06. The Balaban J connectivity index is 2.42. The van der Waals surface area contributed by atoms with Gasteiger partial charge in [-0.15, -0.1) is 0 Å². The maximum atomic E-state index is 6.26. The van der Waals surface area contributed by atoms with Crippen molar-refractivity contribution in [2.75, 3.05) is 5.32 Å². The third-order valence-electron chi connectivity index (χ3n) is 2.76. The van der Waals surface area contributed by atoms with Gasteiger partial charge in [0.25, 0.3) is 0 Å². The van der Waals surface area contributed by atoms with E-state index in [9.17, 15) is 0 Å². The van der Waals surface area contributed by atoms with Crippen LogP contribution in [0.1, 0.15) is 20.3 Å². The van der Waals surface area contributed by atoms with Gasteiger partial charge in [-0.2, -0.15) is 0 Å². The zero-order chi connectivity index (χ0) is 12.3. The molecule has 17 heavy (non-hydrogen) atoms. The summed E-state index contributed by atoms with van der Waals surface area (Å²) >= 11 is 6.26. The van der Waals surface area contributed by atoms with E-state index in [0.717, 1.165) is 22.8 Å². The largest absolute Gasteiger partial charge is 0.381 e. The molecule has 1 aromatic carbocycles. The summed E-state index contributed by atoms with van der Waals surface area (Å²) in [7, 11) is 0. The van der Waals surface area contributed by atoms with E-state index < -0.39 is 0 Å². The Morgan fingerprint density at radius 3 is 2.94 bits per heavy atom. The zero-order valence-corrected chi connectivity index (χ0v) is 10.8. The summed E-state index contributed by atoms with van der Waals surface area (Å²) in [6.45, 7) is 4.30. The van der Waals surface area contributed by atoms with Gasteiger partial charge >= 0.3 is 0 Å². The summed E-state index contributed by atoms with van der Waals surface area (Å²) in [6.07, 6.45) is 6.46. The molecule has 0 aliphatic carbocycles. The van der Waals surface area contributed by atoms with Crippen molar-refractivity contribution in [1.29, 1.82) is 0 Å². The molecule has 1 heterocycles. The fourth-order valence-corrected chi connectivity index (χ4v) is 1.93. The SMILES string of the molecule is CCC(C)Nc1cccc(Cl)c1-n1ccnc1. The number of nitrogens with one attached hydrogen (secondary N) is 1. The normalized spacial score (nSPS) is 12.4. The van der Waals surface area contributed by atoms with Crippen LogP contribution in [0.25, 0.3) is 5.69 Å². The van der Waals surface area contributed by atoms with E-state index in [-0.39, 0.29) is 0 Å². The van der Waals surface area contributed by atoms with Crippen LogP contribution in [0.4, 0.5) is 5.69 Å². The van der Waals surface area contributed by atoms with Gasteiger partial charge in [0, 0.05) is 18.4 Å². The van der Waals surface area contributed by atoms with E-state index in [1.54, 1.807) is 12.5 Å². The summed E-state index contributed by atoms with van der Waals surface area (Å²) in [5, 5.41) is 4.18. The molecule has 0 spiro atoms. The van der Waals surface area contributed by atoms with Crippen LogP contribution in [0.15, 0.2) is 36.9 Å². The van der Waals surface area contributed by atoms with Gasteiger partial charge in [0.05, 0.1) is 22.7 Å². The lowest BCUT2D eigenvalue weighted by Crippen LogP contribution is -2.15. The van der Waals surface area contributed by atoms with Crippen molar-refractivity contribution < 1.29 is 0 Å². The highest BCUT2D eigenvalue weighted by Gasteiger charge is 2.10. The smallest absolute Gasteiger partial charge is 0.0992 e. The molecule has 0 aliphatic heterocycles. The molecule has 0 saturated carbocycles. The topological polar surface area (TPSA) is 29.9 Å². The Morgan fingerprint density at radius 1 is 1.47 bits per heavy atom. The van der Waals surface area contributed by atoms with Crippen molar-refractivity contribution in [1.82, 2.24) is 9.55 Å². The van der Waals surface area contributed by atoms with Crippen LogP contribution in [-0.4, -0.2) is 15.6 Å². The number of hydrogen-bond donors (Lipinski definition) is 1. The Kier molecular flexibility index (Phi) is 3.69. The van der Waals surface area contributed by atoms with E-state index in [1.165, 1.54) is 0 Å². The number of hydrogen-bond acceptors (Lipinski definition) is 2. The van der Waals surface area contributed by atoms with Crippen LogP contribution in [0.3, 0.4) is 0 Å². The number of imidazole rings is 1. The van der Waals surface area contributed by atoms with Crippen molar-refractivity contribution in [3.63, 3.8) is 0 Å². The first-order chi connectivity index (χ1) is 8.22. The lowest BCUT2D eigenvalue weighted by molar-refractivity contribution is 0.762. The van der Waals surface area contributed by atoms with Crippen LogP contribution in [0, 0.1) is 0 Å². The molecule has 1 atom stereocenters. The van der Waals surface area contributed by atoms with Crippen molar-refractivity contribution in [3.05, 3.63) is 41.9 Å². The molecule has 0 saturated heterocycles. The monoisotopic (exact) mass is 249 g/mol. The summed E-state index contributed by atoms with van der Waals surface area (Å²) in [5.41, 5.74) is 1.98. The van der Waals surface area contributed by atoms with Crippen molar-refractivity contribution in [2.24, 2.45) is 0 Å². The van der Waals surface area contributed by atoms with E-state index in [0.29, 0.717) is 6.04 Å². The second-order valence-electron chi connectivity index (χ2n) is 4.06. The molecule has 1 unspecified atom stereocenters. The molecular formula is C13H16ClN3. The number of aromatic nitrogens is 2. The van der Waals surface area contributed by atoms with Gasteiger partial charge in [-0.3, -0.25) is 0 Å². The van der Waals surface area contributed by atoms with Crippen molar-refractivity contribution >= 4 is 17.3 Å². The first-order valence-electron chi connectivity index (χ1n) is 5.75. The number of para-hydroxylation sites is 1. The maximum absolute atomic E-state index is 6.26. The van der Waals surface area contributed by atoms with E-state index in [4.69, 9.17) is 11.6 Å². The highest BCUT2D eigenvalue weighted by atomic mass is 35.5. The van der Waals surface area contributed by atoms with Gasteiger partial charge in [0.2, 0.25) is 0 Å². The summed E-state index contributed by atoms with van der Waals surface area (Å²) in [5.74, 6) is 0. The molecule has 3 nitrogen and oxygen atoms in total. The minimum atomic E-state index is 0.413. The average Bonchev–Trinajstić information content (AvgIpc) is 2.82. The summed E-state index contributed by atoms with van der Waals surface area (Å²) in [6, 6.07) is 6.29. The van der Waals surface area contributed by atoms with Crippen LogP contribution >= 0.6 is 11.6 Å². The van der Waals surface area contributed by atoms with Gasteiger partial charge in [-0.25, -0.2) is 4.98 Å². The molecule has 0 bridgehead atoms. The molecule has 2 aromatic rings. The first-order valence-corrected chi connectivity index (χ1v) is 6.13. The predicted molar refractivity (Wildman–Crippen MR) is 71.9 cm³/mol.